The van der Waals surface area contributed by atoms with E-state index in [0.29, 0.717) is 35.4 Å². The molecule has 140 valence electrons. The smallest absolute Gasteiger partial charge is 0.261 e. The SMILES string of the molecule is COc1cc2ncn(CCC(=O)N3CCCCCC3)c(=O)c2cc1OC. The zero-order valence-corrected chi connectivity index (χ0v) is 15.4. The molecule has 1 aromatic carbocycles. The van der Waals surface area contributed by atoms with E-state index >= 15 is 0 Å². The number of benzene rings is 1. The first-order valence-corrected chi connectivity index (χ1v) is 9.03. The van der Waals surface area contributed by atoms with Gasteiger partial charge in [-0.15, -0.1) is 0 Å². The summed E-state index contributed by atoms with van der Waals surface area (Å²) in [6, 6.07) is 3.32. The average molecular weight is 359 g/mol. The van der Waals surface area contributed by atoms with Gasteiger partial charge < -0.3 is 14.4 Å². The summed E-state index contributed by atoms with van der Waals surface area (Å²) in [7, 11) is 3.07. The molecule has 1 aromatic heterocycles. The Labute approximate surface area is 152 Å². The molecule has 0 bridgehead atoms. The maximum absolute atomic E-state index is 12.7. The minimum absolute atomic E-state index is 0.103. The Morgan fingerprint density at radius 2 is 1.73 bits per heavy atom. The van der Waals surface area contributed by atoms with Crippen LogP contribution in [0.2, 0.25) is 0 Å². The molecule has 7 nitrogen and oxygen atoms in total. The Morgan fingerprint density at radius 3 is 2.38 bits per heavy atom. The van der Waals surface area contributed by atoms with Crippen molar-refractivity contribution in [2.45, 2.75) is 38.6 Å². The summed E-state index contributed by atoms with van der Waals surface area (Å²) in [4.78, 5) is 31.4. The predicted octanol–water partition coefficient (Wildman–Crippen LogP) is 2.21. The molecule has 0 unspecified atom stereocenters. The number of fused-ring (bicyclic) bond motifs is 1. The van der Waals surface area contributed by atoms with Gasteiger partial charge in [0.2, 0.25) is 5.91 Å². The number of ether oxygens (including phenoxy) is 2. The maximum Gasteiger partial charge on any atom is 0.261 e. The largest absolute Gasteiger partial charge is 0.493 e. The molecule has 1 aliphatic heterocycles. The quantitative estimate of drug-likeness (QED) is 0.818. The van der Waals surface area contributed by atoms with Crippen molar-refractivity contribution in [3.8, 4) is 11.5 Å². The first-order chi connectivity index (χ1) is 12.6. The zero-order valence-electron chi connectivity index (χ0n) is 15.4. The molecule has 0 atom stereocenters. The normalized spacial score (nSPS) is 14.9. The van der Waals surface area contributed by atoms with E-state index in [4.69, 9.17) is 9.47 Å². The molecule has 1 aliphatic rings. The molecule has 3 rings (SSSR count). The van der Waals surface area contributed by atoms with Crippen LogP contribution in [0, 0.1) is 0 Å². The van der Waals surface area contributed by atoms with Crippen molar-refractivity contribution in [3.05, 3.63) is 28.8 Å². The summed E-state index contributed by atoms with van der Waals surface area (Å²) in [5.41, 5.74) is 0.363. The van der Waals surface area contributed by atoms with Gasteiger partial charge in [-0.25, -0.2) is 4.98 Å². The first-order valence-electron chi connectivity index (χ1n) is 9.03. The van der Waals surface area contributed by atoms with Gasteiger partial charge in [-0.1, -0.05) is 12.8 Å². The van der Waals surface area contributed by atoms with Crippen LogP contribution in [0.5, 0.6) is 11.5 Å². The second-order valence-corrected chi connectivity index (χ2v) is 6.51. The molecule has 7 heteroatoms. The number of hydrogen-bond acceptors (Lipinski definition) is 5. The molecule has 1 fully saturated rings. The number of aryl methyl sites for hydroxylation is 1. The Hall–Kier alpha value is -2.57. The fraction of sp³-hybridized carbons (Fsp3) is 0.526. The minimum atomic E-state index is -0.181. The number of carbonyl (C=O) groups excluding carboxylic acids is 1. The van der Waals surface area contributed by atoms with E-state index in [1.807, 2.05) is 4.90 Å². The number of methoxy groups -OCH3 is 2. The average Bonchev–Trinajstić information content (AvgIpc) is 2.96. The van der Waals surface area contributed by atoms with E-state index in [0.717, 1.165) is 25.9 Å². The predicted molar refractivity (Wildman–Crippen MR) is 98.8 cm³/mol. The number of amides is 1. The molecule has 0 saturated carbocycles. The highest BCUT2D eigenvalue weighted by Gasteiger charge is 2.16. The zero-order chi connectivity index (χ0) is 18.5. The molecule has 26 heavy (non-hydrogen) atoms. The van der Waals surface area contributed by atoms with Gasteiger partial charge in [0.25, 0.3) is 5.56 Å². The van der Waals surface area contributed by atoms with Gasteiger partial charge in [0.15, 0.2) is 11.5 Å². The second-order valence-electron chi connectivity index (χ2n) is 6.51. The molecule has 1 saturated heterocycles. The maximum atomic E-state index is 12.7. The van der Waals surface area contributed by atoms with Gasteiger partial charge in [0.1, 0.15) is 0 Å². The molecule has 1 amide bonds. The van der Waals surface area contributed by atoms with E-state index in [-0.39, 0.29) is 11.5 Å². The van der Waals surface area contributed by atoms with Crippen molar-refractivity contribution >= 4 is 16.8 Å². The Kier molecular flexibility index (Phi) is 5.75. The Balaban J connectivity index is 1.78. The number of aromatic nitrogens is 2. The van der Waals surface area contributed by atoms with Gasteiger partial charge >= 0.3 is 0 Å². The monoisotopic (exact) mass is 359 g/mol. The van der Waals surface area contributed by atoms with E-state index < -0.39 is 0 Å². The fourth-order valence-electron chi connectivity index (χ4n) is 3.34. The molecule has 0 radical (unpaired) electrons. The van der Waals surface area contributed by atoms with E-state index in [9.17, 15) is 9.59 Å². The van der Waals surface area contributed by atoms with E-state index in [1.54, 1.807) is 19.2 Å². The number of nitrogens with zero attached hydrogens (tertiary/aromatic N) is 3. The van der Waals surface area contributed by atoms with Gasteiger partial charge in [0, 0.05) is 32.1 Å². The topological polar surface area (TPSA) is 73.7 Å². The van der Waals surface area contributed by atoms with Crippen molar-refractivity contribution in [1.29, 1.82) is 0 Å². The third-order valence-corrected chi connectivity index (χ3v) is 4.85. The lowest BCUT2D eigenvalue weighted by atomic mass is 10.2. The van der Waals surface area contributed by atoms with E-state index in [2.05, 4.69) is 4.98 Å². The van der Waals surface area contributed by atoms with Crippen molar-refractivity contribution < 1.29 is 14.3 Å². The number of carbonyl (C=O) groups is 1. The number of hydrogen-bond donors (Lipinski definition) is 0. The molecule has 2 aromatic rings. The standard InChI is InChI=1S/C19H25N3O4/c1-25-16-11-14-15(12-17(16)26-2)20-13-22(19(14)24)10-7-18(23)21-8-5-3-4-6-9-21/h11-13H,3-10H2,1-2H3. The summed E-state index contributed by atoms with van der Waals surface area (Å²) >= 11 is 0. The van der Waals surface area contributed by atoms with Gasteiger partial charge in [-0.05, 0) is 18.9 Å². The second kappa shape index (κ2) is 8.21. The highest BCUT2D eigenvalue weighted by Crippen LogP contribution is 2.29. The Morgan fingerprint density at radius 1 is 1.08 bits per heavy atom. The molecule has 0 aliphatic carbocycles. The van der Waals surface area contributed by atoms with Crippen molar-refractivity contribution in [2.75, 3.05) is 27.3 Å². The lowest BCUT2D eigenvalue weighted by Gasteiger charge is -2.20. The molecule has 2 heterocycles. The lowest BCUT2D eigenvalue weighted by Crippen LogP contribution is -2.33. The minimum Gasteiger partial charge on any atom is -0.493 e. The lowest BCUT2D eigenvalue weighted by molar-refractivity contribution is -0.131. The molecular formula is C19H25N3O4. The van der Waals surface area contributed by atoms with Crippen LogP contribution in [-0.4, -0.2) is 47.7 Å². The van der Waals surface area contributed by atoms with Crippen LogP contribution >= 0.6 is 0 Å². The summed E-state index contributed by atoms with van der Waals surface area (Å²) in [5.74, 6) is 1.12. The van der Waals surface area contributed by atoms with Crippen LogP contribution in [0.4, 0.5) is 0 Å². The van der Waals surface area contributed by atoms with Gasteiger partial charge in [-0.3, -0.25) is 14.2 Å². The number of likely N-dealkylation sites (tertiary alicyclic amines) is 1. The van der Waals surface area contributed by atoms with Crippen molar-refractivity contribution in [3.63, 3.8) is 0 Å². The summed E-state index contributed by atoms with van der Waals surface area (Å²) in [5, 5.41) is 0.451. The molecule has 0 spiro atoms. The Bertz CT molecular complexity index is 839. The summed E-state index contributed by atoms with van der Waals surface area (Å²) < 4.78 is 12.0. The fourth-order valence-corrected chi connectivity index (χ4v) is 3.34. The highest BCUT2D eigenvalue weighted by molar-refractivity contribution is 5.81. The van der Waals surface area contributed by atoms with Crippen LogP contribution in [0.3, 0.4) is 0 Å². The third-order valence-electron chi connectivity index (χ3n) is 4.85. The first kappa shape index (κ1) is 18.2. The van der Waals surface area contributed by atoms with Crippen LogP contribution in [0.15, 0.2) is 23.3 Å². The van der Waals surface area contributed by atoms with Gasteiger partial charge in [0.05, 0.1) is 31.4 Å². The van der Waals surface area contributed by atoms with E-state index in [1.165, 1.54) is 30.8 Å². The van der Waals surface area contributed by atoms with Crippen LogP contribution < -0.4 is 15.0 Å². The van der Waals surface area contributed by atoms with Gasteiger partial charge in [-0.2, -0.15) is 0 Å². The van der Waals surface area contributed by atoms with Crippen molar-refractivity contribution in [1.82, 2.24) is 14.5 Å². The van der Waals surface area contributed by atoms with Crippen LogP contribution in [0.25, 0.3) is 10.9 Å². The molecular weight excluding hydrogens is 334 g/mol. The third kappa shape index (κ3) is 3.81. The van der Waals surface area contributed by atoms with Crippen molar-refractivity contribution in [2.24, 2.45) is 0 Å². The highest BCUT2D eigenvalue weighted by atomic mass is 16.5. The van der Waals surface area contributed by atoms with Crippen LogP contribution in [0.1, 0.15) is 32.1 Å². The molecule has 0 N–H and O–H groups in total. The summed E-state index contributed by atoms with van der Waals surface area (Å²) in [6.45, 7) is 1.97. The summed E-state index contributed by atoms with van der Waals surface area (Å²) in [6.07, 6.45) is 6.29. The van der Waals surface area contributed by atoms with Crippen LogP contribution in [-0.2, 0) is 11.3 Å². The number of rotatable bonds is 5.